The summed E-state index contributed by atoms with van der Waals surface area (Å²) in [7, 11) is -2.56. The first-order valence-electron chi connectivity index (χ1n) is 5.89. The predicted molar refractivity (Wildman–Crippen MR) is 74.3 cm³/mol. The second-order valence-corrected chi connectivity index (χ2v) is 6.28. The minimum atomic E-state index is -3.98. The highest BCUT2D eigenvalue weighted by atomic mass is 32.2. The lowest BCUT2D eigenvalue weighted by Crippen LogP contribution is -2.12. The Labute approximate surface area is 120 Å². The molecule has 0 unspecified atom stereocenters. The molecule has 6 nitrogen and oxygen atoms in total. The number of aromatic nitrogens is 1. The van der Waals surface area contributed by atoms with E-state index < -0.39 is 21.8 Å². The number of carboxylic acid groups (broad SMARTS) is 1. The number of halogens is 1. The van der Waals surface area contributed by atoms with Gasteiger partial charge in [0.2, 0.25) is 0 Å². The summed E-state index contributed by atoms with van der Waals surface area (Å²) < 4.78 is 41.0. The molecule has 0 bridgehead atoms. The molecule has 2 aromatic rings. The van der Waals surface area contributed by atoms with Gasteiger partial charge in [0.1, 0.15) is 16.4 Å². The molecule has 0 amide bonds. The van der Waals surface area contributed by atoms with Crippen LogP contribution in [0, 0.1) is 12.7 Å². The molecule has 1 aromatic heterocycles. The minimum absolute atomic E-state index is 0.0771. The molecule has 0 radical (unpaired) electrons. The maximum atomic E-state index is 13.3. The number of anilines is 1. The number of carbonyl (C=O) groups is 1. The van der Waals surface area contributed by atoms with Crippen LogP contribution in [0.15, 0.2) is 35.4 Å². The Balaban J connectivity index is 2.38. The average Bonchev–Trinajstić information content (AvgIpc) is 2.70. The lowest BCUT2D eigenvalue weighted by Gasteiger charge is -2.07. The second kappa shape index (κ2) is 5.21. The third-order valence-electron chi connectivity index (χ3n) is 2.80. The summed E-state index contributed by atoms with van der Waals surface area (Å²) in [5.74, 6) is -1.80. The second-order valence-electron chi connectivity index (χ2n) is 4.60. The molecule has 2 N–H and O–H groups in total. The first-order valence-corrected chi connectivity index (χ1v) is 7.37. The third-order valence-corrected chi connectivity index (χ3v) is 4.15. The van der Waals surface area contributed by atoms with Crippen molar-refractivity contribution in [3.05, 3.63) is 47.5 Å². The van der Waals surface area contributed by atoms with Crippen molar-refractivity contribution in [3.63, 3.8) is 0 Å². The van der Waals surface area contributed by atoms with Crippen molar-refractivity contribution in [2.75, 3.05) is 4.72 Å². The highest BCUT2D eigenvalue weighted by Gasteiger charge is 2.20. The zero-order valence-corrected chi connectivity index (χ0v) is 12.1. The molecule has 0 saturated carbocycles. The van der Waals surface area contributed by atoms with Crippen LogP contribution in [-0.4, -0.2) is 24.1 Å². The van der Waals surface area contributed by atoms with E-state index in [1.807, 2.05) is 0 Å². The van der Waals surface area contributed by atoms with E-state index in [0.717, 1.165) is 12.1 Å². The first kappa shape index (κ1) is 15.0. The van der Waals surface area contributed by atoms with E-state index in [1.165, 1.54) is 29.9 Å². The molecule has 21 heavy (non-hydrogen) atoms. The van der Waals surface area contributed by atoms with Gasteiger partial charge >= 0.3 is 5.97 Å². The Bertz CT molecular complexity index is 791. The van der Waals surface area contributed by atoms with Crippen molar-refractivity contribution in [3.8, 4) is 0 Å². The highest BCUT2D eigenvalue weighted by Crippen LogP contribution is 2.20. The van der Waals surface area contributed by atoms with Gasteiger partial charge in [0.25, 0.3) is 10.0 Å². The van der Waals surface area contributed by atoms with Crippen LogP contribution in [0.25, 0.3) is 0 Å². The maximum Gasteiger partial charge on any atom is 0.352 e. The van der Waals surface area contributed by atoms with Gasteiger partial charge in [0.15, 0.2) is 0 Å². The molecule has 0 spiro atoms. The number of carboxylic acids is 1. The topological polar surface area (TPSA) is 88.4 Å². The van der Waals surface area contributed by atoms with Gasteiger partial charge in [-0.05, 0) is 36.8 Å². The number of hydrogen-bond donors (Lipinski definition) is 2. The number of sulfonamides is 1. The van der Waals surface area contributed by atoms with E-state index >= 15 is 0 Å². The molecule has 1 aromatic carbocycles. The lowest BCUT2D eigenvalue weighted by molar-refractivity contribution is 0.0686. The van der Waals surface area contributed by atoms with Gasteiger partial charge in [0, 0.05) is 13.2 Å². The van der Waals surface area contributed by atoms with E-state index in [9.17, 15) is 17.6 Å². The van der Waals surface area contributed by atoms with Crippen molar-refractivity contribution in [1.82, 2.24) is 4.57 Å². The first-order chi connectivity index (χ1) is 9.69. The van der Waals surface area contributed by atoms with E-state index in [4.69, 9.17) is 5.11 Å². The average molecular weight is 312 g/mol. The van der Waals surface area contributed by atoms with Gasteiger partial charge in [-0.15, -0.1) is 0 Å². The van der Waals surface area contributed by atoms with Crippen LogP contribution in [0.5, 0.6) is 0 Å². The summed E-state index contributed by atoms with van der Waals surface area (Å²) in [5, 5.41) is 8.92. The van der Waals surface area contributed by atoms with Gasteiger partial charge in [-0.3, -0.25) is 4.72 Å². The lowest BCUT2D eigenvalue weighted by atomic mass is 10.2. The number of aryl methyl sites for hydroxylation is 2. The summed E-state index contributed by atoms with van der Waals surface area (Å²) in [6.07, 6.45) is 1.18. The summed E-state index contributed by atoms with van der Waals surface area (Å²) in [6.45, 7) is 1.63. The molecular weight excluding hydrogens is 299 g/mol. The van der Waals surface area contributed by atoms with Crippen molar-refractivity contribution in [1.29, 1.82) is 0 Å². The van der Waals surface area contributed by atoms with Crippen LogP contribution in [-0.2, 0) is 17.1 Å². The molecule has 0 atom stereocenters. The van der Waals surface area contributed by atoms with Gasteiger partial charge in [-0.2, -0.15) is 0 Å². The van der Waals surface area contributed by atoms with Crippen molar-refractivity contribution < 1.29 is 22.7 Å². The number of nitrogens with one attached hydrogen (secondary N) is 1. The third kappa shape index (κ3) is 3.22. The summed E-state index contributed by atoms with van der Waals surface area (Å²) >= 11 is 0. The van der Waals surface area contributed by atoms with Gasteiger partial charge < -0.3 is 9.67 Å². The molecule has 0 fully saturated rings. The van der Waals surface area contributed by atoms with Crippen molar-refractivity contribution in [2.24, 2.45) is 7.05 Å². The number of benzene rings is 1. The van der Waals surface area contributed by atoms with Crippen LogP contribution in [0.3, 0.4) is 0 Å². The van der Waals surface area contributed by atoms with Crippen molar-refractivity contribution in [2.45, 2.75) is 11.8 Å². The normalized spacial score (nSPS) is 11.4. The van der Waals surface area contributed by atoms with Crippen molar-refractivity contribution >= 4 is 21.7 Å². The summed E-state index contributed by atoms with van der Waals surface area (Å²) in [4.78, 5) is 10.7. The van der Waals surface area contributed by atoms with Crippen LogP contribution in [0.2, 0.25) is 0 Å². The highest BCUT2D eigenvalue weighted by molar-refractivity contribution is 7.92. The van der Waals surface area contributed by atoms with Gasteiger partial charge in [-0.1, -0.05) is 0 Å². The Morgan fingerprint density at radius 2 is 1.95 bits per heavy atom. The van der Waals surface area contributed by atoms with E-state index in [-0.39, 0.29) is 16.3 Å². The van der Waals surface area contributed by atoms with E-state index in [0.29, 0.717) is 5.56 Å². The SMILES string of the molecule is Cc1cc(F)cc(NS(=O)(=O)c2cc(C(=O)O)n(C)c2)c1. The molecule has 0 aliphatic carbocycles. The minimum Gasteiger partial charge on any atom is -0.477 e. The van der Waals surface area contributed by atoms with E-state index in [1.54, 1.807) is 6.92 Å². The fourth-order valence-electron chi connectivity index (χ4n) is 1.90. The van der Waals surface area contributed by atoms with Crippen LogP contribution in [0.4, 0.5) is 10.1 Å². The molecule has 112 valence electrons. The monoisotopic (exact) mass is 312 g/mol. The number of nitrogens with zero attached hydrogens (tertiary/aromatic N) is 1. The molecular formula is C13H13FN2O4S. The fraction of sp³-hybridized carbons (Fsp3) is 0.154. The number of aromatic carboxylic acids is 1. The molecule has 8 heteroatoms. The Kier molecular flexibility index (Phi) is 3.73. The van der Waals surface area contributed by atoms with E-state index in [2.05, 4.69) is 4.72 Å². The quantitative estimate of drug-likeness (QED) is 0.903. The standard InChI is InChI=1S/C13H13FN2O4S/c1-8-3-9(14)5-10(4-8)15-21(19,20)11-6-12(13(17)18)16(2)7-11/h3-7,15H,1-2H3,(H,17,18). The molecule has 2 rings (SSSR count). The Hall–Kier alpha value is -2.35. The maximum absolute atomic E-state index is 13.3. The molecule has 0 aliphatic heterocycles. The van der Waals surface area contributed by atoms with Crippen LogP contribution < -0.4 is 4.72 Å². The largest absolute Gasteiger partial charge is 0.477 e. The zero-order chi connectivity index (χ0) is 15.8. The zero-order valence-electron chi connectivity index (χ0n) is 11.3. The molecule has 1 heterocycles. The molecule has 0 aliphatic rings. The predicted octanol–water partition coefficient (Wildman–Crippen LogP) is 1.97. The van der Waals surface area contributed by atoms with Gasteiger partial charge in [0.05, 0.1) is 5.69 Å². The fourth-order valence-corrected chi connectivity index (χ4v) is 3.01. The van der Waals surface area contributed by atoms with Gasteiger partial charge in [-0.25, -0.2) is 17.6 Å². The Morgan fingerprint density at radius 1 is 1.29 bits per heavy atom. The molecule has 0 saturated heterocycles. The summed E-state index contributed by atoms with van der Waals surface area (Å²) in [6, 6.07) is 4.83. The number of rotatable bonds is 4. The van der Waals surface area contributed by atoms with Crippen LogP contribution in [0.1, 0.15) is 16.1 Å². The number of hydrogen-bond acceptors (Lipinski definition) is 3. The summed E-state index contributed by atoms with van der Waals surface area (Å²) in [5.41, 5.74) is 0.478. The smallest absolute Gasteiger partial charge is 0.352 e. The van der Waals surface area contributed by atoms with Crippen LogP contribution >= 0.6 is 0 Å². The Morgan fingerprint density at radius 3 is 2.48 bits per heavy atom.